The highest BCUT2D eigenvalue weighted by Crippen LogP contribution is 2.22. The molecule has 0 spiro atoms. The minimum absolute atomic E-state index is 0.647. The summed E-state index contributed by atoms with van der Waals surface area (Å²) in [4.78, 5) is 0. The molecule has 0 bridgehead atoms. The number of hydrogen-bond acceptors (Lipinski definition) is 2. The molecule has 0 atom stereocenters. The van der Waals surface area contributed by atoms with E-state index in [4.69, 9.17) is 16.0 Å². The first kappa shape index (κ1) is 12.1. The molecule has 0 aliphatic rings. The SMILES string of the molecule is Cc1ccc(NCc2cc3ccccc3o2)cc1Cl. The summed E-state index contributed by atoms with van der Waals surface area (Å²) in [6, 6.07) is 16.0. The molecule has 0 unspecified atom stereocenters. The molecule has 1 heterocycles. The first-order valence-electron chi connectivity index (χ1n) is 6.20. The van der Waals surface area contributed by atoms with Gasteiger partial charge >= 0.3 is 0 Å². The van der Waals surface area contributed by atoms with Gasteiger partial charge in [0.1, 0.15) is 11.3 Å². The van der Waals surface area contributed by atoms with Crippen LogP contribution in [0.25, 0.3) is 11.0 Å². The number of aryl methyl sites for hydroxylation is 1. The summed E-state index contributed by atoms with van der Waals surface area (Å²) in [6.07, 6.45) is 0. The van der Waals surface area contributed by atoms with Gasteiger partial charge in [0.05, 0.1) is 6.54 Å². The number of nitrogens with one attached hydrogen (secondary N) is 1. The van der Waals surface area contributed by atoms with Crippen LogP contribution in [0, 0.1) is 6.92 Å². The molecule has 1 N–H and O–H groups in total. The maximum Gasteiger partial charge on any atom is 0.134 e. The Morgan fingerprint density at radius 2 is 1.95 bits per heavy atom. The molecule has 3 aromatic rings. The minimum Gasteiger partial charge on any atom is -0.459 e. The Morgan fingerprint density at radius 3 is 2.74 bits per heavy atom. The summed E-state index contributed by atoms with van der Waals surface area (Å²) in [6.45, 7) is 2.64. The van der Waals surface area contributed by atoms with Crippen molar-refractivity contribution < 1.29 is 4.42 Å². The van der Waals surface area contributed by atoms with E-state index < -0.39 is 0 Å². The molecule has 2 nitrogen and oxygen atoms in total. The van der Waals surface area contributed by atoms with Gasteiger partial charge in [-0.1, -0.05) is 35.9 Å². The standard InChI is InChI=1S/C16H14ClNO/c1-11-6-7-13(9-15(11)17)18-10-14-8-12-4-2-3-5-16(12)19-14/h2-9,18H,10H2,1H3. The molecule has 3 heteroatoms. The molecule has 1 aromatic heterocycles. The Bertz CT molecular complexity index is 685. The van der Waals surface area contributed by atoms with E-state index in [-0.39, 0.29) is 0 Å². The van der Waals surface area contributed by atoms with E-state index in [1.165, 1.54) is 0 Å². The molecule has 2 aromatic carbocycles. The maximum atomic E-state index is 6.10. The molecule has 0 saturated carbocycles. The average molecular weight is 272 g/mol. The van der Waals surface area contributed by atoms with Gasteiger partial charge in [0.15, 0.2) is 0 Å². The van der Waals surface area contributed by atoms with Crippen molar-refractivity contribution in [2.24, 2.45) is 0 Å². The topological polar surface area (TPSA) is 25.2 Å². The number of hydrogen-bond donors (Lipinski definition) is 1. The van der Waals surface area contributed by atoms with Gasteiger partial charge in [0.2, 0.25) is 0 Å². The fourth-order valence-corrected chi connectivity index (χ4v) is 2.20. The van der Waals surface area contributed by atoms with Crippen LogP contribution in [-0.2, 0) is 6.54 Å². The van der Waals surface area contributed by atoms with Crippen LogP contribution in [0.1, 0.15) is 11.3 Å². The zero-order valence-electron chi connectivity index (χ0n) is 10.6. The quantitative estimate of drug-likeness (QED) is 0.725. The second-order valence-electron chi connectivity index (χ2n) is 4.57. The van der Waals surface area contributed by atoms with Crippen LogP contribution >= 0.6 is 11.6 Å². The highest BCUT2D eigenvalue weighted by Gasteiger charge is 2.03. The lowest BCUT2D eigenvalue weighted by atomic mass is 10.2. The van der Waals surface area contributed by atoms with Gasteiger partial charge in [-0.25, -0.2) is 0 Å². The molecule has 19 heavy (non-hydrogen) atoms. The van der Waals surface area contributed by atoms with Crippen LogP contribution in [0.4, 0.5) is 5.69 Å². The van der Waals surface area contributed by atoms with E-state index in [0.29, 0.717) is 6.54 Å². The molecular formula is C16H14ClNO. The van der Waals surface area contributed by atoms with Crippen LogP contribution < -0.4 is 5.32 Å². The van der Waals surface area contributed by atoms with Gasteiger partial charge in [-0.2, -0.15) is 0 Å². The highest BCUT2D eigenvalue weighted by molar-refractivity contribution is 6.31. The van der Waals surface area contributed by atoms with E-state index in [9.17, 15) is 0 Å². The van der Waals surface area contributed by atoms with Gasteiger partial charge in [0.25, 0.3) is 0 Å². The van der Waals surface area contributed by atoms with Crippen LogP contribution in [-0.4, -0.2) is 0 Å². The van der Waals surface area contributed by atoms with Crippen molar-refractivity contribution in [3.8, 4) is 0 Å². The average Bonchev–Trinajstić information content (AvgIpc) is 2.83. The third kappa shape index (κ3) is 2.59. The summed E-state index contributed by atoms with van der Waals surface area (Å²) in [5.74, 6) is 0.915. The van der Waals surface area contributed by atoms with E-state index >= 15 is 0 Å². The van der Waals surface area contributed by atoms with E-state index in [1.807, 2.05) is 49.4 Å². The number of fused-ring (bicyclic) bond motifs is 1. The van der Waals surface area contributed by atoms with Crippen LogP contribution in [0.5, 0.6) is 0 Å². The Labute approximate surface area is 117 Å². The third-order valence-corrected chi connectivity index (χ3v) is 3.52. The molecule has 0 saturated heterocycles. The predicted molar refractivity (Wildman–Crippen MR) is 79.7 cm³/mol. The minimum atomic E-state index is 0.647. The molecule has 0 amide bonds. The second kappa shape index (κ2) is 4.98. The predicted octanol–water partition coefficient (Wildman–Crippen LogP) is 5.01. The van der Waals surface area contributed by atoms with Crippen molar-refractivity contribution in [3.05, 3.63) is 64.9 Å². The Hall–Kier alpha value is -1.93. The summed E-state index contributed by atoms with van der Waals surface area (Å²) < 4.78 is 5.75. The van der Waals surface area contributed by atoms with Crippen LogP contribution in [0.3, 0.4) is 0 Å². The number of para-hydroxylation sites is 1. The monoisotopic (exact) mass is 271 g/mol. The smallest absolute Gasteiger partial charge is 0.134 e. The largest absolute Gasteiger partial charge is 0.459 e. The Kier molecular flexibility index (Phi) is 3.18. The van der Waals surface area contributed by atoms with Crippen molar-refractivity contribution in [3.63, 3.8) is 0 Å². The maximum absolute atomic E-state index is 6.10. The fraction of sp³-hybridized carbons (Fsp3) is 0.125. The van der Waals surface area contributed by atoms with Crippen molar-refractivity contribution >= 4 is 28.3 Å². The zero-order valence-corrected chi connectivity index (χ0v) is 11.4. The highest BCUT2D eigenvalue weighted by atomic mass is 35.5. The lowest BCUT2D eigenvalue weighted by Gasteiger charge is -2.06. The van der Waals surface area contributed by atoms with E-state index in [2.05, 4.69) is 11.4 Å². The van der Waals surface area contributed by atoms with Gasteiger partial charge < -0.3 is 9.73 Å². The van der Waals surface area contributed by atoms with Crippen LogP contribution in [0.2, 0.25) is 5.02 Å². The van der Waals surface area contributed by atoms with E-state index in [0.717, 1.165) is 33.0 Å². The number of benzene rings is 2. The Balaban J connectivity index is 1.76. The van der Waals surface area contributed by atoms with E-state index in [1.54, 1.807) is 0 Å². The second-order valence-corrected chi connectivity index (χ2v) is 4.98. The summed E-state index contributed by atoms with van der Waals surface area (Å²) >= 11 is 6.10. The van der Waals surface area contributed by atoms with Gasteiger partial charge in [0, 0.05) is 16.1 Å². The Morgan fingerprint density at radius 1 is 1.11 bits per heavy atom. The molecule has 0 fully saturated rings. The van der Waals surface area contributed by atoms with Gasteiger partial charge in [-0.15, -0.1) is 0 Å². The number of halogens is 1. The first-order valence-corrected chi connectivity index (χ1v) is 6.58. The summed E-state index contributed by atoms with van der Waals surface area (Å²) in [5.41, 5.74) is 2.99. The van der Waals surface area contributed by atoms with Crippen molar-refractivity contribution in [2.75, 3.05) is 5.32 Å². The van der Waals surface area contributed by atoms with Gasteiger partial charge in [-0.3, -0.25) is 0 Å². The van der Waals surface area contributed by atoms with Crippen molar-refractivity contribution in [1.29, 1.82) is 0 Å². The lowest BCUT2D eigenvalue weighted by molar-refractivity contribution is 0.559. The third-order valence-electron chi connectivity index (χ3n) is 3.12. The van der Waals surface area contributed by atoms with Crippen LogP contribution in [0.15, 0.2) is 52.9 Å². The fourth-order valence-electron chi connectivity index (χ4n) is 2.02. The van der Waals surface area contributed by atoms with Crippen molar-refractivity contribution in [2.45, 2.75) is 13.5 Å². The molecule has 3 rings (SSSR count). The van der Waals surface area contributed by atoms with Crippen molar-refractivity contribution in [1.82, 2.24) is 0 Å². The molecule has 0 aliphatic heterocycles. The summed E-state index contributed by atoms with van der Waals surface area (Å²) in [5, 5.41) is 5.21. The van der Waals surface area contributed by atoms with Gasteiger partial charge in [-0.05, 0) is 36.8 Å². The zero-order chi connectivity index (χ0) is 13.2. The number of anilines is 1. The normalized spacial score (nSPS) is 10.8. The first-order chi connectivity index (χ1) is 9.22. The number of furan rings is 1. The summed E-state index contributed by atoms with van der Waals surface area (Å²) in [7, 11) is 0. The molecule has 96 valence electrons. The lowest BCUT2D eigenvalue weighted by Crippen LogP contribution is -1.97. The molecular weight excluding hydrogens is 258 g/mol. The number of rotatable bonds is 3. The molecule has 0 aliphatic carbocycles. The molecule has 0 radical (unpaired) electrons.